The first-order chi connectivity index (χ1) is 8.39. The molecule has 1 rings (SSSR count). The van der Waals surface area contributed by atoms with Crippen molar-refractivity contribution in [2.45, 2.75) is 31.9 Å². The van der Waals surface area contributed by atoms with E-state index in [-0.39, 0.29) is 5.60 Å². The molecule has 0 spiro atoms. The predicted octanol–water partition coefficient (Wildman–Crippen LogP) is 0.883. The number of nitrogens with one attached hydrogen (secondary N) is 1. The van der Waals surface area contributed by atoms with Crippen LogP contribution in [0, 0.1) is 5.92 Å². The molecule has 1 saturated heterocycles. The largest absolute Gasteiger partial charge is 0.377 e. The van der Waals surface area contributed by atoms with Gasteiger partial charge in [-0.1, -0.05) is 0 Å². The molecule has 2 atom stereocenters. The van der Waals surface area contributed by atoms with Crippen molar-refractivity contribution in [1.29, 1.82) is 0 Å². The zero-order valence-corrected chi connectivity index (χ0v) is 13.0. The molecule has 0 saturated carbocycles. The van der Waals surface area contributed by atoms with E-state index >= 15 is 0 Å². The molecule has 0 amide bonds. The summed E-state index contributed by atoms with van der Waals surface area (Å²) in [5.74, 6) is 0.822. The third-order valence-electron chi connectivity index (χ3n) is 4.27. The summed E-state index contributed by atoms with van der Waals surface area (Å²) in [5, 5.41) is 3.38. The van der Waals surface area contributed by atoms with Crippen molar-refractivity contribution >= 4 is 0 Å². The average Bonchev–Trinajstić information content (AvgIpc) is 2.71. The highest BCUT2D eigenvalue weighted by Gasteiger charge is 2.30. The third kappa shape index (κ3) is 4.50. The maximum Gasteiger partial charge on any atom is 0.0787 e. The van der Waals surface area contributed by atoms with Gasteiger partial charge in [-0.05, 0) is 53.9 Å². The van der Waals surface area contributed by atoms with Gasteiger partial charge in [-0.2, -0.15) is 0 Å². The van der Waals surface area contributed by atoms with Gasteiger partial charge in [0.25, 0.3) is 0 Å². The number of methoxy groups -OCH3 is 1. The minimum absolute atomic E-state index is 0.129. The number of rotatable bonds is 7. The second-order valence-corrected chi connectivity index (χ2v) is 6.29. The molecular weight excluding hydrogens is 226 g/mol. The van der Waals surface area contributed by atoms with Gasteiger partial charge < -0.3 is 19.9 Å². The lowest BCUT2D eigenvalue weighted by Crippen LogP contribution is -2.53. The van der Waals surface area contributed by atoms with Crippen LogP contribution in [-0.4, -0.2) is 75.9 Å². The summed E-state index contributed by atoms with van der Waals surface area (Å²) in [6.07, 6.45) is 1.33. The summed E-state index contributed by atoms with van der Waals surface area (Å²) in [5.41, 5.74) is -0.129. The molecule has 18 heavy (non-hydrogen) atoms. The molecule has 108 valence electrons. The van der Waals surface area contributed by atoms with E-state index in [1.807, 2.05) is 7.05 Å². The smallest absolute Gasteiger partial charge is 0.0787 e. The van der Waals surface area contributed by atoms with Crippen LogP contribution in [0.5, 0.6) is 0 Å². The molecule has 4 heteroatoms. The second-order valence-electron chi connectivity index (χ2n) is 6.29. The molecule has 1 N–H and O–H groups in total. The van der Waals surface area contributed by atoms with E-state index in [1.54, 1.807) is 7.11 Å². The van der Waals surface area contributed by atoms with Gasteiger partial charge in [-0.15, -0.1) is 0 Å². The summed E-state index contributed by atoms with van der Waals surface area (Å²) in [6, 6.07) is 0.353. The minimum atomic E-state index is -0.129. The van der Waals surface area contributed by atoms with Crippen LogP contribution in [0.1, 0.15) is 20.3 Å². The van der Waals surface area contributed by atoms with Crippen LogP contribution >= 0.6 is 0 Å². The van der Waals surface area contributed by atoms with E-state index in [4.69, 9.17) is 4.74 Å². The average molecular weight is 257 g/mol. The monoisotopic (exact) mass is 257 g/mol. The molecule has 0 radical (unpaired) electrons. The zero-order chi connectivity index (χ0) is 13.8. The SMILES string of the molecule is CNC(CN(C)CC1CCN(C)C1)C(C)(C)OC. The number of nitrogens with zero attached hydrogens (tertiary/aromatic N) is 2. The van der Waals surface area contributed by atoms with Crippen LogP contribution in [0.15, 0.2) is 0 Å². The Kier molecular flexibility index (Phi) is 6.05. The van der Waals surface area contributed by atoms with Crippen LogP contribution in [0.3, 0.4) is 0 Å². The fraction of sp³-hybridized carbons (Fsp3) is 1.00. The van der Waals surface area contributed by atoms with E-state index in [9.17, 15) is 0 Å². The van der Waals surface area contributed by atoms with E-state index in [0.717, 1.165) is 12.5 Å². The molecule has 0 aliphatic carbocycles. The first kappa shape index (κ1) is 15.9. The minimum Gasteiger partial charge on any atom is -0.377 e. The number of likely N-dealkylation sites (N-methyl/N-ethyl adjacent to an activating group) is 2. The third-order valence-corrected chi connectivity index (χ3v) is 4.27. The molecule has 1 fully saturated rings. The molecule has 0 aromatic carbocycles. The highest BCUT2D eigenvalue weighted by Crippen LogP contribution is 2.18. The summed E-state index contributed by atoms with van der Waals surface area (Å²) < 4.78 is 5.58. The lowest BCUT2D eigenvalue weighted by atomic mass is 9.97. The van der Waals surface area contributed by atoms with Crippen molar-refractivity contribution in [1.82, 2.24) is 15.1 Å². The number of likely N-dealkylation sites (tertiary alicyclic amines) is 1. The Morgan fingerprint density at radius 2 is 2.17 bits per heavy atom. The number of ether oxygens (including phenoxy) is 1. The van der Waals surface area contributed by atoms with Crippen molar-refractivity contribution in [3.05, 3.63) is 0 Å². The summed E-state index contributed by atoms with van der Waals surface area (Å²) >= 11 is 0. The first-order valence-corrected chi connectivity index (χ1v) is 6.98. The Bertz CT molecular complexity index is 245. The number of hydrogen-bond acceptors (Lipinski definition) is 4. The Balaban J connectivity index is 2.40. The molecular formula is C14H31N3O. The lowest BCUT2D eigenvalue weighted by Gasteiger charge is -2.36. The van der Waals surface area contributed by atoms with Crippen molar-refractivity contribution in [3.8, 4) is 0 Å². The fourth-order valence-corrected chi connectivity index (χ4v) is 2.80. The molecule has 0 aromatic heterocycles. The van der Waals surface area contributed by atoms with Gasteiger partial charge in [0.15, 0.2) is 0 Å². The maximum absolute atomic E-state index is 5.58. The van der Waals surface area contributed by atoms with E-state index in [1.165, 1.54) is 26.1 Å². The maximum atomic E-state index is 5.58. The predicted molar refractivity (Wildman–Crippen MR) is 77.0 cm³/mol. The van der Waals surface area contributed by atoms with Crippen LogP contribution in [0.2, 0.25) is 0 Å². The molecule has 2 unspecified atom stereocenters. The van der Waals surface area contributed by atoms with Crippen molar-refractivity contribution in [3.63, 3.8) is 0 Å². The molecule has 4 nitrogen and oxygen atoms in total. The molecule has 1 aliphatic rings. The Hall–Kier alpha value is -0.160. The van der Waals surface area contributed by atoms with E-state index in [2.05, 4.69) is 43.1 Å². The van der Waals surface area contributed by atoms with Crippen LogP contribution in [0.4, 0.5) is 0 Å². The van der Waals surface area contributed by atoms with Gasteiger partial charge >= 0.3 is 0 Å². The lowest BCUT2D eigenvalue weighted by molar-refractivity contribution is -0.0167. The topological polar surface area (TPSA) is 27.7 Å². The van der Waals surface area contributed by atoms with Crippen molar-refractivity contribution < 1.29 is 4.74 Å². The zero-order valence-electron chi connectivity index (χ0n) is 13.0. The summed E-state index contributed by atoms with van der Waals surface area (Å²) in [7, 11) is 8.23. The van der Waals surface area contributed by atoms with Gasteiger partial charge in [0.1, 0.15) is 0 Å². The first-order valence-electron chi connectivity index (χ1n) is 6.98. The second kappa shape index (κ2) is 6.85. The summed E-state index contributed by atoms with van der Waals surface area (Å²) in [4.78, 5) is 4.86. The highest BCUT2D eigenvalue weighted by molar-refractivity contribution is 4.87. The Labute approximate surface area is 113 Å². The quantitative estimate of drug-likeness (QED) is 0.733. The van der Waals surface area contributed by atoms with Gasteiger partial charge in [-0.25, -0.2) is 0 Å². The molecule has 1 heterocycles. The molecule has 0 aromatic rings. The molecule has 1 aliphatic heterocycles. The standard InChI is InChI=1S/C14H31N3O/c1-14(2,18-6)13(15-3)11-17(5)10-12-7-8-16(4)9-12/h12-13,15H,7-11H2,1-6H3. The summed E-state index contributed by atoms with van der Waals surface area (Å²) in [6.45, 7) is 8.98. The van der Waals surface area contributed by atoms with Crippen molar-refractivity contribution in [2.75, 3.05) is 54.4 Å². The van der Waals surface area contributed by atoms with E-state index < -0.39 is 0 Å². The highest BCUT2D eigenvalue weighted by atomic mass is 16.5. The van der Waals surface area contributed by atoms with Crippen molar-refractivity contribution in [2.24, 2.45) is 5.92 Å². The van der Waals surface area contributed by atoms with Crippen LogP contribution < -0.4 is 5.32 Å². The number of hydrogen-bond donors (Lipinski definition) is 1. The molecule has 0 bridgehead atoms. The fourth-order valence-electron chi connectivity index (χ4n) is 2.80. The van der Waals surface area contributed by atoms with Gasteiger partial charge in [-0.3, -0.25) is 0 Å². The van der Waals surface area contributed by atoms with Gasteiger partial charge in [0.05, 0.1) is 5.60 Å². The Morgan fingerprint density at radius 1 is 1.50 bits per heavy atom. The Morgan fingerprint density at radius 3 is 2.61 bits per heavy atom. The normalized spacial score (nSPS) is 23.8. The van der Waals surface area contributed by atoms with Crippen LogP contribution in [-0.2, 0) is 4.74 Å². The van der Waals surface area contributed by atoms with Crippen LogP contribution in [0.25, 0.3) is 0 Å². The van der Waals surface area contributed by atoms with Gasteiger partial charge in [0.2, 0.25) is 0 Å². The van der Waals surface area contributed by atoms with E-state index in [0.29, 0.717) is 6.04 Å². The van der Waals surface area contributed by atoms with Gasteiger partial charge in [0, 0.05) is 32.8 Å².